The van der Waals surface area contributed by atoms with Crippen molar-refractivity contribution in [2.75, 3.05) is 41.0 Å². The van der Waals surface area contributed by atoms with E-state index in [-0.39, 0.29) is 29.1 Å². The number of ether oxygens (including phenoxy) is 3. The van der Waals surface area contributed by atoms with Crippen LogP contribution in [0.25, 0.3) is 0 Å². The van der Waals surface area contributed by atoms with Crippen LogP contribution in [0.5, 0.6) is 11.5 Å². The maximum atomic E-state index is 13.2. The number of carbonyl (C=O) groups excluding carboxylic acids is 1. The summed E-state index contributed by atoms with van der Waals surface area (Å²) < 4.78 is 43.1. The van der Waals surface area contributed by atoms with Gasteiger partial charge in [0.05, 0.1) is 26.7 Å². The predicted octanol–water partition coefficient (Wildman–Crippen LogP) is 1.26. The Morgan fingerprint density at radius 1 is 1.30 bits per heavy atom. The molecule has 1 fully saturated rings. The maximum Gasteiger partial charge on any atom is 0.246 e. The third-order valence-corrected chi connectivity index (χ3v) is 6.44. The first-order chi connectivity index (χ1) is 12.8. The zero-order valence-corrected chi connectivity index (χ0v) is 17.0. The molecule has 1 amide bonds. The van der Waals surface area contributed by atoms with E-state index in [1.165, 1.54) is 24.6 Å². The molecule has 0 unspecified atom stereocenters. The number of hydrogen-bond acceptors (Lipinski definition) is 6. The third kappa shape index (κ3) is 5.12. The monoisotopic (exact) mass is 400 g/mol. The Balaban J connectivity index is 2.20. The molecule has 0 aromatic heterocycles. The molecule has 1 aliphatic rings. The van der Waals surface area contributed by atoms with Crippen molar-refractivity contribution in [1.29, 1.82) is 0 Å². The Hall–Kier alpha value is -1.84. The van der Waals surface area contributed by atoms with Gasteiger partial charge in [0.15, 0.2) is 0 Å². The van der Waals surface area contributed by atoms with Gasteiger partial charge in [-0.05, 0) is 31.9 Å². The molecule has 27 heavy (non-hydrogen) atoms. The number of piperidine rings is 1. The molecule has 1 saturated heterocycles. The fraction of sp³-hybridized carbons (Fsp3) is 0.611. The summed E-state index contributed by atoms with van der Waals surface area (Å²) in [7, 11) is 0.644. The summed E-state index contributed by atoms with van der Waals surface area (Å²) in [5.41, 5.74) is 0. The average Bonchev–Trinajstić information content (AvgIpc) is 2.67. The highest BCUT2D eigenvalue weighted by molar-refractivity contribution is 7.89. The molecule has 0 spiro atoms. The molecular weight excluding hydrogens is 372 g/mol. The Labute approximate surface area is 160 Å². The van der Waals surface area contributed by atoms with E-state index in [1.54, 1.807) is 19.2 Å². The first-order valence-electron chi connectivity index (χ1n) is 8.85. The van der Waals surface area contributed by atoms with Gasteiger partial charge in [-0.25, -0.2) is 8.42 Å². The fourth-order valence-electron chi connectivity index (χ4n) is 3.15. The van der Waals surface area contributed by atoms with Crippen LogP contribution in [-0.4, -0.2) is 65.7 Å². The number of sulfonamides is 1. The minimum Gasteiger partial charge on any atom is -0.497 e. The van der Waals surface area contributed by atoms with Crippen molar-refractivity contribution in [3.8, 4) is 11.5 Å². The summed E-state index contributed by atoms with van der Waals surface area (Å²) >= 11 is 0. The summed E-state index contributed by atoms with van der Waals surface area (Å²) in [6.45, 7) is 2.75. The van der Waals surface area contributed by atoms with Gasteiger partial charge >= 0.3 is 0 Å². The van der Waals surface area contributed by atoms with Crippen LogP contribution in [0.2, 0.25) is 0 Å². The molecule has 2 rings (SSSR count). The predicted molar refractivity (Wildman–Crippen MR) is 101 cm³/mol. The fourth-order valence-corrected chi connectivity index (χ4v) is 4.85. The van der Waals surface area contributed by atoms with Crippen LogP contribution in [0.1, 0.15) is 19.8 Å². The molecule has 2 atom stereocenters. The van der Waals surface area contributed by atoms with Gasteiger partial charge in [0.2, 0.25) is 15.9 Å². The summed E-state index contributed by atoms with van der Waals surface area (Å²) in [6.07, 6.45) is 1.26. The largest absolute Gasteiger partial charge is 0.497 e. The van der Waals surface area contributed by atoms with E-state index in [0.29, 0.717) is 31.7 Å². The van der Waals surface area contributed by atoms with Crippen LogP contribution in [0.4, 0.5) is 0 Å². The third-order valence-electron chi connectivity index (χ3n) is 4.55. The number of rotatable bonds is 8. The molecule has 1 heterocycles. The standard InChI is InChI=1S/C18H28N2O6S/c1-13(12-24-2)19-18(21)14-6-5-9-20(11-14)27(22,23)17-10-15(25-3)7-8-16(17)26-4/h7-8,10,13-14H,5-6,9,11-12H2,1-4H3,(H,19,21)/t13-,14-/m0/s1. The van der Waals surface area contributed by atoms with Crippen LogP contribution in [0, 0.1) is 5.92 Å². The van der Waals surface area contributed by atoms with Gasteiger partial charge in [0.25, 0.3) is 0 Å². The number of hydrogen-bond donors (Lipinski definition) is 1. The van der Waals surface area contributed by atoms with Gasteiger partial charge in [-0.2, -0.15) is 4.31 Å². The summed E-state index contributed by atoms with van der Waals surface area (Å²) in [4.78, 5) is 12.5. The van der Waals surface area contributed by atoms with E-state index in [1.807, 2.05) is 6.92 Å². The lowest BCUT2D eigenvalue weighted by molar-refractivity contribution is -0.127. The van der Waals surface area contributed by atoms with E-state index in [9.17, 15) is 13.2 Å². The van der Waals surface area contributed by atoms with E-state index in [2.05, 4.69) is 5.32 Å². The van der Waals surface area contributed by atoms with E-state index in [4.69, 9.17) is 14.2 Å². The molecule has 1 aromatic rings. The number of methoxy groups -OCH3 is 3. The van der Waals surface area contributed by atoms with Crippen molar-refractivity contribution in [2.24, 2.45) is 5.92 Å². The number of amides is 1. The van der Waals surface area contributed by atoms with Crippen molar-refractivity contribution in [3.05, 3.63) is 18.2 Å². The second-order valence-corrected chi connectivity index (χ2v) is 8.49. The zero-order chi connectivity index (χ0) is 20.0. The molecule has 152 valence electrons. The second-order valence-electron chi connectivity index (χ2n) is 6.58. The van der Waals surface area contributed by atoms with Gasteiger partial charge < -0.3 is 19.5 Å². The minimum absolute atomic E-state index is 0.0400. The van der Waals surface area contributed by atoms with Gasteiger partial charge in [0.1, 0.15) is 16.4 Å². The number of benzene rings is 1. The molecule has 0 radical (unpaired) electrons. The highest BCUT2D eigenvalue weighted by Gasteiger charge is 2.35. The highest BCUT2D eigenvalue weighted by atomic mass is 32.2. The van der Waals surface area contributed by atoms with Gasteiger partial charge in [-0.1, -0.05) is 0 Å². The molecule has 0 bridgehead atoms. The Morgan fingerprint density at radius 2 is 2.04 bits per heavy atom. The molecule has 1 aromatic carbocycles. The lowest BCUT2D eigenvalue weighted by Crippen LogP contribution is -2.47. The molecule has 0 saturated carbocycles. The lowest BCUT2D eigenvalue weighted by atomic mass is 9.98. The van der Waals surface area contributed by atoms with E-state index in [0.717, 1.165) is 0 Å². The normalized spacial score (nSPS) is 19.3. The molecule has 8 nitrogen and oxygen atoms in total. The van der Waals surface area contributed by atoms with Gasteiger partial charge in [-0.15, -0.1) is 0 Å². The van der Waals surface area contributed by atoms with Crippen molar-refractivity contribution in [1.82, 2.24) is 9.62 Å². The molecule has 9 heteroatoms. The van der Waals surface area contributed by atoms with Crippen molar-refractivity contribution in [3.63, 3.8) is 0 Å². The summed E-state index contributed by atoms with van der Waals surface area (Å²) in [5.74, 6) is 0.117. The smallest absolute Gasteiger partial charge is 0.246 e. The van der Waals surface area contributed by atoms with Crippen molar-refractivity contribution in [2.45, 2.75) is 30.7 Å². The maximum absolute atomic E-state index is 13.2. The Kier molecular flexibility index (Phi) is 7.46. The molecule has 1 aliphatic heterocycles. The van der Waals surface area contributed by atoms with Crippen LogP contribution >= 0.6 is 0 Å². The number of nitrogens with zero attached hydrogens (tertiary/aromatic N) is 1. The minimum atomic E-state index is -3.82. The molecule has 0 aliphatic carbocycles. The Bertz CT molecular complexity index is 752. The lowest BCUT2D eigenvalue weighted by Gasteiger charge is -2.32. The van der Waals surface area contributed by atoms with Crippen LogP contribution < -0.4 is 14.8 Å². The average molecular weight is 400 g/mol. The van der Waals surface area contributed by atoms with Gasteiger partial charge in [-0.3, -0.25) is 4.79 Å². The summed E-state index contributed by atoms with van der Waals surface area (Å²) in [5, 5.41) is 2.87. The SMILES string of the molecule is COC[C@H](C)NC(=O)[C@H]1CCCN(S(=O)(=O)c2cc(OC)ccc2OC)C1. The van der Waals surface area contributed by atoms with E-state index < -0.39 is 15.9 Å². The zero-order valence-electron chi connectivity index (χ0n) is 16.2. The topological polar surface area (TPSA) is 94.2 Å². The van der Waals surface area contributed by atoms with Crippen molar-refractivity contribution >= 4 is 15.9 Å². The molecule has 1 N–H and O–H groups in total. The highest BCUT2D eigenvalue weighted by Crippen LogP contribution is 2.32. The number of carbonyl (C=O) groups is 1. The first-order valence-corrected chi connectivity index (χ1v) is 10.3. The number of nitrogens with one attached hydrogen (secondary N) is 1. The van der Waals surface area contributed by atoms with Crippen LogP contribution in [-0.2, 0) is 19.6 Å². The van der Waals surface area contributed by atoms with E-state index >= 15 is 0 Å². The molecular formula is C18H28N2O6S. The van der Waals surface area contributed by atoms with Crippen LogP contribution in [0.15, 0.2) is 23.1 Å². The van der Waals surface area contributed by atoms with Crippen molar-refractivity contribution < 1.29 is 27.4 Å². The Morgan fingerprint density at radius 3 is 2.67 bits per heavy atom. The first kappa shape index (κ1) is 21.5. The quantitative estimate of drug-likeness (QED) is 0.706. The van der Waals surface area contributed by atoms with Gasteiger partial charge in [0, 0.05) is 32.3 Å². The second kappa shape index (κ2) is 9.38. The summed E-state index contributed by atoms with van der Waals surface area (Å²) in [6, 6.07) is 4.51. The van der Waals surface area contributed by atoms with Crippen LogP contribution in [0.3, 0.4) is 0 Å².